The van der Waals surface area contributed by atoms with Crippen molar-refractivity contribution in [1.82, 2.24) is 0 Å². The second kappa shape index (κ2) is 6.14. The summed E-state index contributed by atoms with van der Waals surface area (Å²) in [5.41, 5.74) is 5.37. The number of anilines is 1. The Morgan fingerprint density at radius 1 is 0.957 bits per heavy atom. The van der Waals surface area contributed by atoms with Crippen molar-refractivity contribution in [3.63, 3.8) is 0 Å². The van der Waals surface area contributed by atoms with Crippen molar-refractivity contribution in [2.45, 2.75) is 38.8 Å². The van der Waals surface area contributed by atoms with Crippen molar-refractivity contribution in [3.05, 3.63) is 53.6 Å². The minimum absolute atomic E-state index is 0.0448. The molecule has 0 aromatic heterocycles. The molecule has 23 heavy (non-hydrogen) atoms. The molecule has 0 aliphatic carbocycles. The summed E-state index contributed by atoms with van der Waals surface area (Å²) in [6.07, 6.45) is -3.52. The molecule has 0 spiro atoms. The molecule has 0 saturated heterocycles. The fourth-order valence-electron chi connectivity index (χ4n) is 2.16. The van der Waals surface area contributed by atoms with Crippen LogP contribution in [0.4, 0.5) is 18.9 Å². The van der Waals surface area contributed by atoms with Gasteiger partial charge in [0.05, 0.1) is 5.56 Å². The normalized spacial score (nSPS) is 12.3. The van der Waals surface area contributed by atoms with Crippen molar-refractivity contribution >= 4 is 5.69 Å². The van der Waals surface area contributed by atoms with E-state index in [-0.39, 0.29) is 16.9 Å². The number of benzene rings is 2. The number of halogens is 3. The molecule has 0 bridgehead atoms. The number of rotatable bonds is 4. The molecule has 2 aromatic carbocycles. The zero-order valence-corrected chi connectivity index (χ0v) is 13.4. The van der Waals surface area contributed by atoms with Crippen LogP contribution in [-0.4, -0.2) is 0 Å². The van der Waals surface area contributed by atoms with Crippen LogP contribution in [0.3, 0.4) is 0 Å². The van der Waals surface area contributed by atoms with E-state index in [1.807, 2.05) is 12.1 Å². The Morgan fingerprint density at radius 3 is 2.04 bits per heavy atom. The van der Waals surface area contributed by atoms with Crippen LogP contribution in [0.25, 0.3) is 0 Å². The van der Waals surface area contributed by atoms with Crippen molar-refractivity contribution in [3.8, 4) is 11.5 Å². The summed E-state index contributed by atoms with van der Waals surface area (Å²) in [7, 11) is 0. The summed E-state index contributed by atoms with van der Waals surface area (Å²) in [5, 5.41) is 0. The summed E-state index contributed by atoms with van der Waals surface area (Å²) in [4.78, 5) is 0. The summed E-state index contributed by atoms with van der Waals surface area (Å²) in [5.74, 6) is 0.590. The molecule has 2 N–H and O–H groups in total. The minimum atomic E-state index is -4.50. The van der Waals surface area contributed by atoms with Gasteiger partial charge in [0.1, 0.15) is 11.5 Å². The van der Waals surface area contributed by atoms with E-state index in [0.29, 0.717) is 5.75 Å². The van der Waals surface area contributed by atoms with E-state index in [1.54, 1.807) is 12.1 Å². The molecule has 0 radical (unpaired) electrons. The molecule has 0 fully saturated rings. The Bertz CT molecular complexity index is 676. The number of hydrogen-bond donors (Lipinski definition) is 1. The van der Waals surface area contributed by atoms with Crippen LogP contribution in [0.15, 0.2) is 42.5 Å². The van der Waals surface area contributed by atoms with Crippen LogP contribution in [0, 0.1) is 0 Å². The van der Waals surface area contributed by atoms with Crippen molar-refractivity contribution in [2.24, 2.45) is 0 Å². The maximum atomic E-state index is 12.9. The molecular weight excluding hydrogens is 303 g/mol. The van der Waals surface area contributed by atoms with Gasteiger partial charge in [-0.05, 0) is 47.7 Å². The monoisotopic (exact) mass is 323 g/mol. The highest BCUT2D eigenvalue weighted by Gasteiger charge is 2.33. The Hall–Kier alpha value is -2.17. The molecule has 0 saturated carbocycles. The zero-order chi connectivity index (χ0) is 17.3. The molecule has 0 amide bonds. The molecule has 0 aliphatic heterocycles. The van der Waals surface area contributed by atoms with Gasteiger partial charge in [-0.15, -0.1) is 0 Å². The van der Waals surface area contributed by atoms with Gasteiger partial charge in [0.2, 0.25) is 0 Å². The quantitative estimate of drug-likeness (QED) is 0.725. The fourth-order valence-corrected chi connectivity index (χ4v) is 2.16. The van der Waals surface area contributed by atoms with E-state index >= 15 is 0 Å². The van der Waals surface area contributed by atoms with E-state index in [4.69, 9.17) is 10.5 Å². The third-order valence-electron chi connectivity index (χ3n) is 4.09. The SMILES string of the molecule is CCC(C)(C)c1ccc(Oc2ccc(N)c(C(F)(F)F)c2)cc1. The molecule has 5 heteroatoms. The molecule has 2 rings (SSSR count). The maximum absolute atomic E-state index is 12.9. The van der Waals surface area contributed by atoms with E-state index < -0.39 is 11.7 Å². The standard InChI is InChI=1S/C18H20F3NO/c1-4-17(2,3)12-5-7-13(8-6-12)23-14-9-10-16(22)15(11-14)18(19,20)21/h5-11H,4,22H2,1-3H3. The topological polar surface area (TPSA) is 35.2 Å². The average Bonchev–Trinajstić information content (AvgIpc) is 2.48. The number of hydrogen-bond acceptors (Lipinski definition) is 2. The van der Waals surface area contributed by atoms with E-state index in [2.05, 4.69) is 20.8 Å². The predicted octanol–water partition coefficient (Wildman–Crippen LogP) is 5.77. The summed E-state index contributed by atoms with van der Waals surface area (Å²) >= 11 is 0. The Labute approximate surface area is 134 Å². The van der Waals surface area contributed by atoms with Gasteiger partial charge in [0.15, 0.2) is 0 Å². The fraction of sp³-hybridized carbons (Fsp3) is 0.333. The van der Waals surface area contributed by atoms with E-state index in [9.17, 15) is 13.2 Å². The highest BCUT2D eigenvalue weighted by molar-refractivity contribution is 5.52. The van der Waals surface area contributed by atoms with Crippen molar-refractivity contribution < 1.29 is 17.9 Å². The van der Waals surface area contributed by atoms with E-state index in [0.717, 1.165) is 18.1 Å². The summed E-state index contributed by atoms with van der Waals surface area (Å²) < 4.78 is 44.1. The van der Waals surface area contributed by atoms with Gasteiger partial charge in [0, 0.05) is 5.69 Å². The molecular formula is C18H20F3NO. The highest BCUT2D eigenvalue weighted by Crippen LogP contribution is 2.37. The first kappa shape index (κ1) is 17.2. The van der Waals surface area contributed by atoms with Gasteiger partial charge in [-0.3, -0.25) is 0 Å². The molecule has 0 aliphatic rings. The molecule has 0 atom stereocenters. The van der Waals surface area contributed by atoms with Gasteiger partial charge in [-0.2, -0.15) is 13.2 Å². The van der Waals surface area contributed by atoms with E-state index in [1.165, 1.54) is 12.1 Å². The van der Waals surface area contributed by atoms with Crippen molar-refractivity contribution in [1.29, 1.82) is 0 Å². The first-order chi connectivity index (χ1) is 10.6. The first-order valence-corrected chi connectivity index (χ1v) is 7.38. The van der Waals surface area contributed by atoms with Crippen LogP contribution in [-0.2, 0) is 11.6 Å². The number of ether oxygens (including phenoxy) is 1. The molecule has 2 nitrogen and oxygen atoms in total. The number of alkyl halides is 3. The van der Waals surface area contributed by atoms with Crippen LogP contribution in [0.1, 0.15) is 38.3 Å². The lowest BCUT2D eigenvalue weighted by atomic mass is 9.82. The zero-order valence-electron chi connectivity index (χ0n) is 13.4. The maximum Gasteiger partial charge on any atom is 0.418 e. The lowest BCUT2D eigenvalue weighted by Gasteiger charge is -2.23. The average molecular weight is 323 g/mol. The minimum Gasteiger partial charge on any atom is -0.457 e. The molecule has 124 valence electrons. The Balaban J connectivity index is 2.23. The van der Waals surface area contributed by atoms with Crippen LogP contribution < -0.4 is 10.5 Å². The predicted molar refractivity (Wildman–Crippen MR) is 85.7 cm³/mol. The van der Waals surface area contributed by atoms with Gasteiger partial charge < -0.3 is 10.5 Å². The molecule has 2 aromatic rings. The first-order valence-electron chi connectivity index (χ1n) is 7.38. The molecule has 0 heterocycles. The third-order valence-corrected chi connectivity index (χ3v) is 4.09. The summed E-state index contributed by atoms with van der Waals surface area (Å²) in [6, 6.07) is 10.9. The lowest BCUT2D eigenvalue weighted by Crippen LogP contribution is -2.14. The second-order valence-electron chi connectivity index (χ2n) is 6.11. The molecule has 0 unspecified atom stereocenters. The lowest BCUT2D eigenvalue weighted by molar-refractivity contribution is -0.137. The second-order valence-corrected chi connectivity index (χ2v) is 6.11. The van der Waals surface area contributed by atoms with Crippen LogP contribution in [0.2, 0.25) is 0 Å². The Kier molecular flexibility index (Phi) is 4.59. The third kappa shape index (κ3) is 3.97. The largest absolute Gasteiger partial charge is 0.457 e. The van der Waals surface area contributed by atoms with Gasteiger partial charge >= 0.3 is 6.18 Å². The van der Waals surface area contributed by atoms with Crippen LogP contribution >= 0.6 is 0 Å². The van der Waals surface area contributed by atoms with Gasteiger partial charge in [-0.25, -0.2) is 0 Å². The summed E-state index contributed by atoms with van der Waals surface area (Å²) in [6.45, 7) is 6.38. The Morgan fingerprint density at radius 2 is 1.52 bits per heavy atom. The smallest absolute Gasteiger partial charge is 0.418 e. The number of nitrogen functional groups attached to an aromatic ring is 1. The van der Waals surface area contributed by atoms with Gasteiger partial charge in [-0.1, -0.05) is 32.9 Å². The van der Waals surface area contributed by atoms with Crippen molar-refractivity contribution in [2.75, 3.05) is 5.73 Å². The van der Waals surface area contributed by atoms with Crippen LogP contribution in [0.5, 0.6) is 11.5 Å². The number of nitrogens with two attached hydrogens (primary N) is 1. The van der Waals surface area contributed by atoms with Gasteiger partial charge in [0.25, 0.3) is 0 Å². The highest BCUT2D eigenvalue weighted by atomic mass is 19.4.